The monoisotopic (exact) mass is 349 g/mol. The number of carbonyl (C=O) groups is 1. The Bertz CT molecular complexity index is 826. The summed E-state index contributed by atoms with van der Waals surface area (Å²) < 4.78 is 16.6. The van der Waals surface area contributed by atoms with Crippen LogP contribution in [0, 0.1) is 11.8 Å². The van der Waals surface area contributed by atoms with E-state index in [1.54, 1.807) is 36.7 Å². The molecule has 0 fully saturated rings. The third kappa shape index (κ3) is 5.09. The Morgan fingerprint density at radius 2 is 2.13 bits per heavy atom. The number of rotatable bonds is 4. The Kier molecular flexibility index (Phi) is 5.74. The summed E-state index contributed by atoms with van der Waals surface area (Å²) in [5.41, 5.74) is 1.05. The molecule has 5 nitrogen and oxygen atoms in total. The fourth-order valence-corrected chi connectivity index (χ4v) is 2.32. The minimum Gasteiger partial charge on any atom is -0.481 e. The highest BCUT2D eigenvalue weighted by Crippen LogP contribution is 2.22. The second-order valence-electron chi connectivity index (χ2n) is 4.44. The van der Waals surface area contributed by atoms with Crippen LogP contribution < -0.4 is 4.74 Å². The molecule has 2 rings (SSSR count). The van der Waals surface area contributed by atoms with Gasteiger partial charge in [0, 0.05) is 29.2 Å². The van der Waals surface area contributed by atoms with Gasteiger partial charge in [0.2, 0.25) is 0 Å². The topological polar surface area (TPSA) is 76.5 Å². The Labute approximate surface area is 140 Å². The molecule has 0 aliphatic carbocycles. The predicted octanol–water partition coefficient (Wildman–Crippen LogP) is 2.34. The molecular weight excluding hydrogens is 338 g/mol. The molecule has 1 aromatic heterocycles. The van der Waals surface area contributed by atoms with E-state index in [9.17, 15) is 9.00 Å². The van der Waals surface area contributed by atoms with Crippen molar-refractivity contribution in [3.8, 4) is 17.6 Å². The fraction of sp³-hybridized carbons (Fsp3) is 0.125. The van der Waals surface area contributed by atoms with Crippen LogP contribution in [0.25, 0.3) is 0 Å². The molecule has 0 saturated carbocycles. The van der Waals surface area contributed by atoms with Crippen molar-refractivity contribution in [3.63, 3.8) is 0 Å². The van der Waals surface area contributed by atoms with Crippen LogP contribution in [0.15, 0.2) is 41.6 Å². The Balaban J connectivity index is 2.32. The average Bonchev–Trinajstić information content (AvgIpc) is 2.52. The Hall–Kier alpha value is -2.36. The number of aromatic nitrogens is 1. The first kappa shape index (κ1) is 17.0. The van der Waals surface area contributed by atoms with E-state index in [0.29, 0.717) is 26.8 Å². The second kappa shape index (κ2) is 7.77. The summed E-state index contributed by atoms with van der Waals surface area (Å²) in [6.45, 7) is -0.470. The lowest BCUT2D eigenvalue weighted by atomic mass is 10.2. The fourth-order valence-electron chi connectivity index (χ4n) is 1.65. The molecule has 0 bridgehead atoms. The van der Waals surface area contributed by atoms with Gasteiger partial charge in [-0.15, -0.1) is 0 Å². The zero-order valence-electron chi connectivity index (χ0n) is 12.1. The maximum Gasteiger partial charge on any atom is 0.341 e. The number of nitrogens with zero attached hydrogens (tertiary/aromatic N) is 1. The van der Waals surface area contributed by atoms with Crippen molar-refractivity contribution in [2.45, 2.75) is 4.90 Å². The van der Waals surface area contributed by atoms with E-state index in [-0.39, 0.29) is 0 Å². The quantitative estimate of drug-likeness (QED) is 0.857. The van der Waals surface area contributed by atoms with E-state index in [1.165, 1.54) is 6.20 Å². The van der Waals surface area contributed by atoms with Crippen molar-refractivity contribution in [3.05, 3.63) is 52.8 Å². The molecule has 0 saturated heterocycles. The summed E-state index contributed by atoms with van der Waals surface area (Å²) in [7, 11) is -1.15. The number of benzene rings is 1. The lowest BCUT2D eigenvalue weighted by Crippen LogP contribution is -2.10. The van der Waals surface area contributed by atoms with Gasteiger partial charge in [-0.25, -0.2) is 4.79 Å². The molecule has 1 aromatic carbocycles. The van der Waals surface area contributed by atoms with Crippen LogP contribution in [0.3, 0.4) is 0 Å². The molecule has 1 unspecified atom stereocenters. The number of aliphatic carboxylic acids is 1. The van der Waals surface area contributed by atoms with Crippen molar-refractivity contribution < 1.29 is 18.8 Å². The van der Waals surface area contributed by atoms with Crippen molar-refractivity contribution in [1.29, 1.82) is 0 Å². The smallest absolute Gasteiger partial charge is 0.341 e. The van der Waals surface area contributed by atoms with E-state index in [1.807, 2.05) is 0 Å². The maximum atomic E-state index is 11.4. The lowest BCUT2D eigenvalue weighted by molar-refractivity contribution is -0.139. The van der Waals surface area contributed by atoms with Crippen molar-refractivity contribution in [2.75, 3.05) is 12.9 Å². The van der Waals surface area contributed by atoms with E-state index < -0.39 is 23.4 Å². The van der Waals surface area contributed by atoms with E-state index in [0.717, 1.165) is 0 Å². The number of hydrogen-bond acceptors (Lipinski definition) is 4. The SMILES string of the molecule is CS(=O)c1cncc(C#Cc2cc(Cl)ccc2OCC(=O)O)c1. The van der Waals surface area contributed by atoms with Crippen LogP contribution >= 0.6 is 11.6 Å². The van der Waals surface area contributed by atoms with Gasteiger partial charge >= 0.3 is 5.97 Å². The molecule has 2 aromatic rings. The molecule has 1 heterocycles. The first-order chi connectivity index (χ1) is 11.0. The highest BCUT2D eigenvalue weighted by Gasteiger charge is 2.05. The summed E-state index contributed by atoms with van der Waals surface area (Å²) in [5.74, 6) is 4.99. The summed E-state index contributed by atoms with van der Waals surface area (Å²) in [5, 5.41) is 9.14. The minimum absolute atomic E-state index is 0.326. The summed E-state index contributed by atoms with van der Waals surface area (Å²) in [6, 6.07) is 6.41. The molecule has 7 heteroatoms. The van der Waals surface area contributed by atoms with Crippen molar-refractivity contribution >= 4 is 28.4 Å². The number of hydrogen-bond donors (Lipinski definition) is 1. The largest absolute Gasteiger partial charge is 0.481 e. The highest BCUT2D eigenvalue weighted by atomic mass is 35.5. The first-order valence-corrected chi connectivity index (χ1v) is 8.34. The lowest BCUT2D eigenvalue weighted by Gasteiger charge is -2.06. The molecule has 23 heavy (non-hydrogen) atoms. The van der Waals surface area contributed by atoms with Gasteiger partial charge in [-0.05, 0) is 24.3 Å². The molecule has 0 spiro atoms. The molecule has 1 atom stereocenters. The van der Waals surface area contributed by atoms with Crippen molar-refractivity contribution in [1.82, 2.24) is 4.98 Å². The van der Waals surface area contributed by atoms with Crippen LogP contribution in [0.5, 0.6) is 5.75 Å². The van der Waals surface area contributed by atoms with Gasteiger partial charge in [-0.3, -0.25) is 9.19 Å². The number of carboxylic acids is 1. The molecular formula is C16H12ClNO4S. The summed E-state index contributed by atoms with van der Waals surface area (Å²) in [4.78, 5) is 15.2. The standard InChI is InChI=1S/C16H12ClNO4S/c1-23(21)14-6-11(8-18-9-14)2-3-12-7-13(17)4-5-15(12)22-10-16(19)20/h4-9H,10H2,1H3,(H,19,20). The summed E-state index contributed by atoms with van der Waals surface area (Å²) >= 11 is 5.94. The van der Waals surface area contributed by atoms with Gasteiger partial charge in [0.15, 0.2) is 6.61 Å². The summed E-state index contributed by atoms with van der Waals surface area (Å²) in [6.07, 6.45) is 4.62. The normalized spacial score (nSPS) is 11.2. The number of ether oxygens (including phenoxy) is 1. The molecule has 0 aliphatic heterocycles. The van der Waals surface area contributed by atoms with E-state index in [2.05, 4.69) is 16.8 Å². The van der Waals surface area contributed by atoms with E-state index >= 15 is 0 Å². The first-order valence-electron chi connectivity index (χ1n) is 6.40. The van der Waals surface area contributed by atoms with Crippen molar-refractivity contribution in [2.24, 2.45) is 0 Å². The van der Waals surface area contributed by atoms with Gasteiger partial charge in [0.05, 0.1) is 21.3 Å². The van der Waals surface area contributed by atoms with Crippen LogP contribution in [0.1, 0.15) is 11.1 Å². The van der Waals surface area contributed by atoms with Crippen LogP contribution in [-0.2, 0) is 15.6 Å². The van der Waals surface area contributed by atoms with Crippen LogP contribution in [0.4, 0.5) is 0 Å². The number of pyridine rings is 1. The van der Waals surface area contributed by atoms with Crippen LogP contribution in [0.2, 0.25) is 5.02 Å². The van der Waals surface area contributed by atoms with Gasteiger partial charge in [0.25, 0.3) is 0 Å². The zero-order chi connectivity index (χ0) is 16.8. The second-order valence-corrected chi connectivity index (χ2v) is 6.25. The maximum absolute atomic E-state index is 11.4. The minimum atomic E-state index is -1.15. The third-order valence-electron chi connectivity index (χ3n) is 2.68. The van der Waals surface area contributed by atoms with E-state index in [4.69, 9.17) is 21.4 Å². The zero-order valence-corrected chi connectivity index (χ0v) is 13.6. The Morgan fingerprint density at radius 3 is 2.83 bits per heavy atom. The Morgan fingerprint density at radius 1 is 1.35 bits per heavy atom. The molecule has 118 valence electrons. The molecule has 0 amide bonds. The average molecular weight is 350 g/mol. The predicted molar refractivity (Wildman–Crippen MR) is 87.1 cm³/mol. The number of halogens is 1. The highest BCUT2D eigenvalue weighted by molar-refractivity contribution is 7.84. The van der Waals surface area contributed by atoms with Gasteiger partial charge < -0.3 is 9.84 Å². The molecule has 1 N–H and O–H groups in total. The third-order valence-corrected chi connectivity index (χ3v) is 3.80. The van der Waals surface area contributed by atoms with Gasteiger partial charge in [-0.1, -0.05) is 23.4 Å². The van der Waals surface area contributed by atoms with Gasteiger partial charge in [0.1, 0.15) is 5.75 Å². The van der Waals surface area contributed by atoms with Crippen LogP contribution in [-0.4, -0.2) is 33.1 Å². The van der Waals surface area contributed by atoms with Gasteiger partial charge in [-0.2, -0.15) is 0 Å². The molecule has 0 aliphatic rings. The molecule has 0 radical (unpaired) electrons. The number of carboxylic acid groups (broad SMARTS) is 1.